The molecule has 1 heterocycles. The van der Waals surface area contributed by atoms with E-state index in [4.69, 9.17) is 0 Å². The van der Waals surface area contributed by atoms with Gasteiger partial charge in [-0.2, -0.15) is 5.10 Å². The highest BCUT2D eigenvalue weighted by atomic mass is 15.3. The molecule has 0 amide bonds. The quantitative estimate of drug-likeness (QED) is 0.633. The molecular formula is C8H13N3. The number of rotatable bonds is 2. The van der Waals surface area contributed by atoms with Crippen LogP contribution in [0.2, 0.25) is 0 Å². The van der Waals surface area contributed by atoms with Crippen molar-refractivity contribution in [2.45, 2.75) is 0 Å². The van der Waals surface area contributed by atoms with Crippen molar-refractivity contribution in [1.82, 2.24) is 4.68 Å². The topological polar surface area (TPSA) is 43.3 Å². The molecule has 2 N–H and O–H groups in total. The minimum atomic E-state index is 0.963. The van der Waals surface area contributed by atoms with Gasteiger partial charge in [0.05, 0.1) is 5.69 Å². The molecule has 0 bridgehead atoms. The first-order valence-electron chi connectivity index (χ1n) is 3.23. The molecule has 0 aliphatic carbocycles. The molecule has 0 fully saturated rings. The standard InChI is InChI=1S/C7H8N2.CH5N/c1-3-7-5-4-6-9(7)8-2;1-2/h3-6H,1-2H2;2H2,1H3. The summed E-state index contributed by atoms with van der Waals surface area (Å²) in [5.74, 6) is 0. The molecule has 1 aromatic heterocycles. The Labute approximate surface area is 66.8 Å². The van der Waals surface area contributed by atoms with Crippen molar-refractivity contribution in [3.63, 3.8) is 0 Å². The Morgan fingerprint density at radius 1 is 1.64 bits per heavy atom. The van der Waals surface area contributed by atoms with Gasteiger partial charge in [0.2, 0.25) is 0 Å². The lowest BCUT2D eigenvalue weighted by atomic mass is 10.4. The van der Waals surface area contributed by atoms with Gasteiger partial charge in [0.25, 0.3) is 0 Å². The molecule has 1 aromatic rings. The molecule has 0 atom stereocenters. The van der Waals surface area contributed by atoms with E-state index in [1.807, 2.05) is 18.3 Å². The molecule has 60 valence electrons. The Morgan fingerprint density at radius 3 is 2.64 bits per heavy atom. The van der Waals surface area contributed by atoms with Gasteiger partial charge in [0.15, 0.2) is 0 Å². The Hall–Kier alpha value is -1.35. The van der Waals surface area contributed by atoms with Gasteiger partial charge >= 0.3 is 0 Å². The second kappa shape index (κ2) is 5.44. The van der Waals surface area contributed by atoms with Crippen LogP contribution in [0.15, 0.2) is 30.0 Å². The summed E-state index contributed by atoms with van der Waals surface area (Å²) in [6, 6.07) is 3.81. The van der Waals surface area contributed by atoms with Gasteiger partial charge in [-0.15, -0.1) is 0 Å². The van der Waals surface area contributed by atoms with Gasteiger partial charge in [0, 0.05) is 12.9 Å². The zero-order valence-corrected chi connectivity index (χ0v) is 6.70. The van der Waals surface area contributed by atoms with Crippen molar-refractivity contribution in [3.8, 4) is 0 Å². The summed E-state index contributed by atoms with van der Waals surface area (Å²) in [6.45, 7) is 6.98. The number of nitrogens with zero attached hydrogens (tertiary/aromatic N) is 2. The Morgan fingerprint density at radius 2 is 2.27 bits per heavy atom. The van der Waals surface area contributed by atoms with Crippen LogP contribution < -0.4 is 5.73 Å². The molecule has 3 nitrogen and oxygen atoms in total. The maximum absolute atomic E-state index is 4.50. The van der Waals surface area contributed by atoms with E-state index in [1.54, 1.807) is 10.8 Å². The molecule has 0 aromatic carbocycles. The predicted octanol–water partition coefficient (Wildman–Crippen LogP) is 1.17. The van der Waals surface area contributed by atoms with Crippen LogP contribution in [0, 0.1) is 0 Å². The van der Waals surface area contributed by atoms with E-state index in [-0.39, 0.29) is 0 Å². The van der Waals surface area contributed by atoms with Crippen LogP contribution in [-0.2, 0) is 0 Å². The SMILES string of the molecule is C=Cc1cccn1N=C.CN. The van der Waals surface area contributed by atoms with Crippen LogP contribution >= 0.6 is 0 Å². The van der Waals surface area contributed by atoms with Crippen LogP contribution in [0.25, 0.3) is 6.08 Å². The van der Waals surface area contributed by atoms with E-state index < -0.39 is 0 Å². The summed E-state index contributed by atoms with van der Waals surface area (Å²) in [4.78, 5) is 0. The first-order valence-corrected chi connectivity index (χ1v) is 3.23. The second-order valence-electron chi connectivity index (χ2n) is 1.62. The largest absolute Gasteiger partial charge is 0.333 e. The fourth-order valence-corrected chi connectivity index (χ4v) is 0.676. The number of aromatic nitrogens is 1. The monoisotopic (exact) mass is 151 g/mol. The lowest BCUT2D eigenvalue weighted by molar-refractivity contribution is 0.887. The molecule has 0 saturated carbocycles. The molecule has 0 saturated heterocycles. The fraction of sp³-hybridized carbons (Fsp3) is 0.125. The minimum Gasteiger partial charge on any atom is -0.333 e. The summed E-state index contributed by atoms with van der Waals surface area (Å²) in [5.41, 5.74) is 5.46. The summed E-state index contributed by atoms with van der Waals surface area (Å²) >= 11 is 0. The fourth-order valence-electron chi connectivity index (χ4n) is 0.676. The van der Waals surface area contributed by atoms with Gasteiger partial charge in [-0.25, -0.2) is 4.68 Å². The average molecular weight is 151 g/mol. The average Bonchev–Trinajstić information content (AvgIpc) is 2.54. The third-order valence-electron chi connectivity index (χ3n) is 1.12. The van der Waals surface area contributed by atoms with E-state index in [2.05, 4.69) is 24.1 Å². The van der Waals surface area contributed by atoms with Crippen LogP contribution in [0.3, 0.4) is 0 Å². The zero-order valence-electron chi connectivity index (χ0n) is 6.70. The lowest BCUT2D eigenvalue weighted by Crippen LogP contribution is -1.85. The predicted molar refractivity (Wildman–Crippen MR) is 49.6 cm³/mol. The highest BCUT2D eigenvalue weighted by molar-refractivity contribution is 5.43. The summed E-state index contributed by atoms with van der Waals surface area (Å²) in [5, 5.41) is 3.70. The molecule has 0 aliphatic heterocycles. The van der Waals surface area contributed by atoms with Crippen molar-refractivity contribution in [2.75, 3.05) is 7.05 Å². The van der Waals surface area contributed by atoms with E-state index in [0.717, 1.165) is 5.69 Å². The van der Waals surface area contributed by atoms with Crippen molar-refractivity contribution in [1.29, 1.82) is 0 Å². The van der Waals surface area contributed by atoms with Gasteiger partial charge in [0.1, 0.15) is 0 Å². The van der Waals surface area contributed by atoms with Crippen LogP contribution in [0.5, 0.6) is 0 Å². The number of hydrogen-bond acceptors (Lipinski definition) is 2. The molecule has 0 aliphatic rings. The smallest absolute Gasteiger partial charge is 0.0639 e. The van der Waals surface area contributed by atoms with Crippen molar-refractivity contribution < 1.29 is 0 Å². The first-order chi connectivity index (χ1) is 5.38. The maximum Gasteiger partial charge on any atom is 0.0639 e. The third kappa shape index (κ3) is 2.39. The van der Waals surface area contributed by atoms with Crippen molar-refractivity contribution >= 4 is 12.8 Å². The van der Waals surface area contributed by atoms with E-state index in [9.17, 15) is 0 Å². The van der Waals surface area contributed by atoms with Crippen LogP contribution in [-0.4, -0.2) is 18.4 Å². The van der Waals surface area contributed by atoms with Crippen LogP contribution in [0.4, 0.5) is 0 Å². The molecule has 0 unspecified atom stereocenters. The highest BCUT2D eigenvalue weighted by Crippen LogP contribution is 2.01. The third-order valence-corrected chi connectivity index (χ3v) is 1.12. The highest BCUT2D eigenvalue weighted by Gasteiger charge is 1.88. The van der Waals surface area contributed by atoms with E-state index >= 15 is 0 Å². The summed E-state index contributed by atoms with van der Waals surface area (Å²) in [7, 11) is 1.50. The molecule has 1 rings (SSSR count). The zero-order chi connectivity index (χ0) is 8.69. The Kier molecular flexibility index (Phi) is 4.77. The maximum atomic E-state index is 4.50. The molecule has 0 spiro atoms. The first kappa shape index (κ1) is 9.65. The van der Waals surface area contributed by atoms with Crippen LogP contribution in [0.1, 0.15) is 5.69 Å². The summed E-state index contributed by atoms with van der Waals surface area (Å²) < 4.78 is 1.66. The summed E-state index contributed by atoms with van der Waals surface area (Å²) in [6.07, 6.45) is 3.55. The van der Waals surface area contributed by atoms with Crippen molar-refractivity contribution in [3.05, 3.63) is 30.6 Å². The van der Waals surface area contributed by atoms with E-state index in [0.29, 0.717) is 0 Å². The molecule has 3 heteroatoms. The Balaban J connectivity index is 0.000000461. The van der Waals surface area contributed by atoms with Gasteiger partial charge < -0.3 is 5.73 Å². The van der Waals surface area contributed by atoms with Gasteiger partial charge in [-0.1, -0.05) is 6.58 Å². The molecule has 11 heavy (non-hydrogen) atoms. The second-order valence-corrected chi connectivity index (χ2v) is 1.62. The molecule has 0 radical (unpaired) electrons. The van der Waals surface area contributed by atoms with Gasteiger partial charge in [-0.3, -0.25) is 0 Å². The van der Waals surface area contributed by atoms with Crippen molar-refractivity contribution in [2.24, 2.45) is 10.8 Å². The minimum absolute atomic E-state index is 0.963. The molecular weight excluding hydrogens is 138 g/mol. The Bertz CT molecular complexity index is 202. The normalized spacial score (nSPS) is 7.82. The van der Waals surface area contributed by atoms with Gasteiger partial charge in [-0.05, 0) is 25.3 Å². The van der Waals surface area contributed by atoms with E-state index in [1.165, 1.54) is 7.05 Å². The lowest BCUT2D eigenvalue weighted by Gasteiger charge is -1.92. The number of nitrogens with two attached hydrogens (primary N) is 1. The number of hydrogen-bond donors (Lipinski definition) is 1.